The molecule has 6 nitrogen and oxygen atoms in total. The Morgan fingerprint density at radius 3 is 2.39 bits per heavy atom. The molecule has 0 radical (unpaired) electrons. The summed E-state index contributed by atoms with van der Waals surface area (Å²) in [7, 11) is 0. The van der Waals surface area contributed by atoms with Crippen LogP contribution in [0.5, 0.6) is 5.75 Å². The first kappa shape index (κ1) is 22.3. The molecule has 1 fully saturated rings. The van der Waals surface area contributed by atoms with Crippen molar-refractivity contribution in [2.45, 2.75) is 32.7 Å². The third-order valence-electron chi connectivity index (χ3n) is 4.79. The molecule has 152 valence electrons. The fourth-order valence-electron chi connectivity index (χ4n) is 3.26. The maximum Gasteiger partial charge on any atom is 0.255 e. The summed E-state index contributed by atoms with van der Waals surface area (Å²) in [6.07, 6.45) is 2.84. The molecular formula is C20H25Cl2N3O3. The first-order chi connectivity index (χ1) is 13.4. The maximum absolute atomic E-state index is 12.5. The van der Waals surface area contributed by atoms with Crippen molar-refractivity contribution in [2.24, 2.45) is 11.7 Å². The van der Waals surface area contributed by atoms with Crippen molar-refractivity contribution < 1.29 is 9.90 Å². The Balaban J connectivity index is 0.00000136. The van der Waals surface area contributed by atoms with E-state index in [0.717, 1.165) is 0 Å². The Morgan fingerprint density at radius 2 is 1.82 bits per heavy atom. The van der Waals surface area contributed by atoms with E-state index in [9.17, 15) is 14.7 Å². The summed E-state index contributed by atoms with van der Waals surface area (Å²) in [5.41, 5.74) is 7.10. The van der Waals surface area contributed by atoms with Gasteiger partial charge in [-0.15, -0.1) is 0 Å². The number of phenolic OH excluding ortho intramolecular Hbond substituents is 1. The van der Waals surface area contributed by atoms with E-state index in [1.165, 1.54) is 24.4 Å². The number of aromatic amines is 1. The Hall–Kier alpha value is -2.02. The van der Waals surface area contributed by atoms with Gasteiger partial charge >= 0.3 is 0 Å². The molecule has 1 aliphatic heterocycles. The summed E-state index contributed by atoms with van der Waals surface area (Å²) in [5, 5.41) is 10.7. The molecule has 2 heterocycles. The number of rotatable bonds is 3. The van der Waals surface area contributed by atoms with Crippen molar-refractivity contribution in [3.05, 3.63) is 62.0 Å². The highest BCUT2D eigenvalue weighted by Gasteiger charge is 2.29. The van der Waals surface area contributed by atoms with E-state index in [0.29, 0.717) is 42.1 Å². The summed E-state index contributed by atoms with van der Waals surface area (Å²) in [5.74, 6) is 0.0158. The molecule has 1 saturated heterocycles. The number of nitrogens with one attached hydrogen (secondary N) is 1. The van der Waals surface area contributed by atoms with Crippen LogP contribution >= 0.6 is 23.2 Å². The van der Waals surface area contributed by atoms with E-state index in [-0.39, 0.29) is 28.2 Å². The third-order valence-corrected chi connectivity index (χ3v) is 5.52. The molecule has 3 rings (SSSR count). The summed E-state index contributed by atoms with van der Waals surface area (Å²) >= 11 is 11.9. The lowest BCUT2D eigenvalue weighted by Crippen LogP contribution is -2.41. The highest BCUT2D eigenvalue weighted by Crippen LogP contribution is 2.37. The zero-order valence-corrected chi connectivity index (χ0v) is 17.4. The van der Waals surface area contributed by atoms with Crippen LogP contribution in [0.4, 0.5) is 0 Å². The molecular weight excluding hydrogens is 401 g/mol. The molecule has 2 aromatic rings. The minimum Gasteiger partial charge on any atom is -0.508 e. The number of hydrogen-bond acceptors (Lipinski definition) is 4. The predicted molar refractivity (Wildman–Crippen MR) is 112 cm³/mol. The van der Waals surface area contributed by atoms with Gasteiger partial charge in [0.1, 0.15) is 5.75 Å². The summed E-state index contributed by atoms with van der Waals surface area (Å²) in [4.78, 5) is 27.9. The number of amides is 1. The number of hydrogen-bond donors (Lipinski definition) is 3. The molecule has 8 heteroatoms. The van der Waals surface area contributed by atoms with Crippen molar-refractivity contribution >= 4 is 29.1 Å². The van der Waals surface area contributed by atoms with Crippen molar-refractivity contribution in [1.29, 1.82) is 0 Å². The van der Waals surface area contributed by atoms with Crippen LogP contribution < -0.4 is 11.3 Å². The second-order valence-electron chi connectivity index (χ2n) is 6.42. The fourth-order valence-corrected chi connectivity index (χ4v) is 3.59. The van der Waals surface area contributed by atoms with Gasteiger partial charge in [0.2, 0.25) is 5.56 Å². The first-order valence-electron chi connectivity index (χ1n) is 9.28. The lowest BCUT2D eigenvalue weighted by atomic mass is 9.85. The number of piperidine rings is 1. The minimum absolute atomic E-state index is 0.0265. The van der Waals surface area contributed by atoms with E-state index in [1.807, 2.05) is 13.8 Å². The lowest BCUT2D eigenvalue weighted by molar-refractivity contribution is 0.0677. The number of carbonyl (C=O) groups excluding carboxylic acids is 1. The van der Waals surface area contributed by atoms with Crippen molar-refractivity contribution in [3.8, 4) is 5.75 Å². The highest BCUT2D eigenvalue weighted by atomic mass is 35.5. The lowest BCUT2D eigenvalue weighted by Gasteiger charge is -2.35. The van der Waals surface area contributed by atoms with Gasteiger partial charge < -0.3 is 20.7 Å². The number of nitrogens with zero attached hydrogens (tertiary/aromatic N) is 1. The van der Waals surface area contributed by atoms with E-state index in [4.69, 9.17) is 28.9 Å². The van der Waals surface area contributed by atoms with Crippen LogP contribution in [-0.2, 0) is 0 Å². The summed E-state index contributed by atoms with van der Waals surface area (Å²) in [6.45, 7) is 5.11. The van der Waals surface area contributed by atoms with Crippen LogP contribution in [0, 0.1) is 5.92 Å². The van der Waals surface area contributed by atoms with Gasteiger partial charge in [0.05, 0.1) is 15.6 Å². The molecule has 1 atom stereocenters. The van der Waals surface area contributed by atoms with Crippen LogP contribution in [0.1, 0.15) is 48.7 Å². The van der Waals surface area contributed by atoms with Gasteiger partial charge in [0, 0.05) is 43.0 Å². The number of aromatic nitrogens is 1. The zero-order chi connectivity index (χ0) is 20.8. The standard InChI is InChI=1S/C18H19Cl2N3O3.C2H6/c19-13-7-12(15(24)8-14(13)20)17(21)10-3-5-23(6-4-10)18(26)11-1-2-16(25)22-9-11;1-2/h1-2,7-10,17,24H,3-6,21H2,(H,22,25);1-2H3. The van der Waals surface area contributed by atoms with Gasteiger partial charge in [-0.25, -0.2) is 0 Å². The monoisotopic (exact) mass is 425 g/mol. The molecule has 1 aliphatic rings. The van der Waals surface area contributed by atoms with Crippen LogP contribution in [-0.4, -0.2) is 34.0 Å². The van der Waals surface area contributed by atoms with Gasteiger partial charge in [0.25, 0.3) is 5.91 Å². The van der Waals surface area contributed by atoms with Gasteiger partial charge in [-0.3, -0.25) is 9.59 Å². The number of carbonyl (C=O) groups is 1. The Morgan fingerprint density at radius 1 is 1.21 bits per heavy atom. The number of pyridine rings is 1. The van der Waals surface area contributed by atoms with Crippen LogP contribution in [0.15, 0.2) is 35.3 Å². The molecule has 1 aromatic heterocycles. The number of likely N-dealkylation sites (tertiary alicyclic amines) is 1. The number of aromatic hydroxyl groups is 1. The summed E-state index contributed by atoms with van der Waals surface area (Å²) < 4.78 is 0. The third kappa shape index (κ3) is 5.07. The molecule has 0 spiro atoms. The van der Waals surface area contributed by atoms with E-state index in [2.05, 4.69) is 4.98 Å². The van der Waals surface area contributed by atoms with Crippen molar-refractivity contribution in [3.63, 3.8) is 0 Å². The van der Waals surface area contributed by atoms with E-state index >= 15 is 0 Å². The fraction of sp³-hybridized carbons (Fsp3) is 0.400. The van der Waals surface area contributed by atoms with E-state index < -0.39 is 6.04 Å². The Labute approximate surface area is 174 Å². The first-order valence-corrected chi connectivity index (χ1v) is 10.0. The molecule has 1 amide bonds. The number of nitrogens with two attached hydrogens (primary N) is 1. The number of benzene rings is 1. The molecule has 1 aromatic carbocycles. The van der Waals surface area contributed by atoms with Gasteiger partial charge in [-0.05, 0) is 30.9 Å². The quantitative estimate of drug-likeness (QED) is 0.692. The van der Waals surface area contributed by atoms with Gasteiger partial charge in [0.15, 0.2) is 0 Å². The van der Waals surface area contributed by atoms with Crippen LogP contribution in [0.3, 0.4) is 0 Å². The van der Waals surface area contributed by atoms with Gasteiger partial charge in [-0.2, -0.15) is 0 Å². The number of phenols is 1. The average Bonchev–Trinajstić information content (AvgIpc) is 2.72. The Kier molecular flexibility index (Phi) is 7.92. The molecule has 1 unspecified atom stereocenters. The van der Waals surface area contributed by atoms with Crippen molar-refractivity contribution in [1.82, 2.24) is 9.88 Å². The SMILES string of the molecule is CC.NC(c1cc(Cl)c(Cl)cc1O)C1CCN(C(=O)c2ccc(=O)[nH]c2)CC1. The number of halogens is 2. The average molecular weight is 426 g/mol. The summed E-state index contributed by atoms with van der Waals surface area (Å²) in [6, 6.07) is 5.46. The molecule has 0 aliphatic carbocycles. The van der Waals surface area contributed by atoms with Gasteiger partial charge in [-0.1, -0.05) is 37.0 Å². The Bertz CT molecular complexity index is 857. The molecule has 0 saturated carbocycles. The van der Waals surface area contributed by atoms with Crippen LogP contribution in [0.25, 0.3) is 0 Å². The highest BCUT2D eigenvalue weighted by molar-refractivity contribution is 6.42. The molecule has 4 N–H and O–H groups in total. The molecule has 0 bridgehead atoms. The predicted octanol–water partition coefficient (Wildman–Crippen LogP) is 3.97. The second-order valence-corrected chi connectivity index (χ2v) is 7.24. The topological polar surface area (TPSA) is 99.4 Å². The second kappa shape index (κ2) is 9.96. The number of H-pyrrole nitrogens is 1. The smallest absolute Gasteiger partial charge is 0.255 e. The normalized spacial score (nSPS) is 15.5. The zero-order valence-electron chi connectivity index (χ0n) is 15.9. The largest absolute Gasteiger partial charge is 0.508 e. The molecule has 28 heavy (non-hydrogen) atoms. The maximum atomic E-state index is 12.5. The van der Waals surface area contributed by atoms with Crippen LogP contribution in [0.2, 0.25) is 10.0 Å². The van der Waals surface area contributed by atoms with E-state index in [1.54, 1.807) is 11.0 Å². The van der Waals surface area contributed by atoms with Crippen molar-refractivity contribution in [2.75, 3.05) is 13.1 Å². The minimum atomic E-state index is -0.393.